The highest BCUT2D eigenvalue weighted by Crippen LogP contribution is 2.40. The first-order valence-corrected chi connectivity index (χ1v) is 16.5. The summed E-state index contributed by atoms with van der Waals surface area (Å²) >= 11 is 5.21. The van der Waals surface area contributed by atoms with Gasteiger partial charge >= 0.3 is 0 Å². The molecule has 0 aromatic carbocycles. The average Bonchev–Trinajstić information content (AvgIpc) is 3.14. The molecule has 1 heterocycles. The molecule has 0 saturated carbocycles. The number of nitrogens with one attached hydrogen (secondary N) is 2. The van der Waals surface area contributed by atoms with Crippen LogP contribution in [0.1, 0.15) is 110 Å². The van der Waals surface area contributed by atoms with E-state index in [1.807, 2.05) is 0 Å². The van der Waals surface area contributed by atoms with Crippen molar-refractivity contribution in [2.24, 2.45) is 0 Å². The molecule has 1 rings (SSSR count). The number of carbonyl (C=O) groups excluding carboxylic acids is 1. The number of unbranched alkanes of at least 4 members (excludes halogenated alkanes) is 12. The quantitative estimate of drug-likeness (QED) is 0.0959. The molecule has 0 aromatic heterocycles. The molecule has 1 aliphatic rings. The number of hydrogen-bond donors (Lipinski definition) is 3. The Bertz CT molecular complexity index is 590. The largest absolute Gasteiger partial charge is 0.382 e. The Kier molecular flexibility index (Phi) is 19.8. The second-order valence-electron chi connectivity index (χ2n) is 9.69. The molecule has 1 saturated heterocycles. The predicted octanol–water partition coefficient (Wildman–Crippen LogP) is 5.10. The van der Waals surface area contributed by atoms with Gasteiger partial charge in [0.15, 0.2) is 0 Å². The van der Waals surface area contributed by atoms with Crippen molar-refractivity contribution in [2.45, 2.75) is 128 Å². The first-order valence-electron chi connectivity index (χ1n) is 13.8. The molecule has 4 atom stereocenters. The van der Waals surface area contributed by atoms with Crippen LogP contribution in [0.4, 0.5) is 0 Å². The molecule has 2 radical (unpaired) electrons. The summed E-state index contributed by atoms with van der Waals surface area (Å²) in [7, 11) is 7.41. The average molecular weight is 533 g/mol. The van der Waals surface area contributed by atoms with E-state index in [9.17, 15) is 9.69 Å². The van der Waals surface area contributed by atoms with Gasteiger partial charge in [0, 0.05) is 32.1 Å². The van der Waals surface area contributed by atoms with Gasteiger partial charge in [-0.1, -0.05) is 84.0 Å². The van der Waals surface area contributed by atoms with Crippen LogP contribution in [0.2, 0.25) is 0 Å². The maximum atomic E-state index is 12.0. The number of hydrogen-bond acceptors (Lipinski definition) is 5. The second-order valence-corrected chi connectivity index (χ2v) is 12.7. The molecule has 1 amide bonds. The van der Waals surface area contributed by atoms with E-state index in [0.717, 1.165) is 12.8 Å². The molecular formula is C25H50BN2O5PS. The standard InChI is InChI=1S/C25H50BN2O5PS/c1-3-4-5-6-7-8-9-10-11-12-13-14-15-17-25(29)27-18-16-19-32-34(30,35)28-22-20-24(26)33-23(22)21-31-2/h22-24H,3-21H2,1-2H3,(H,27,29)(H2,28,30,35)/t22?,23-,24-,34?/m1/s1. The molecule has 204 valence electrons. The molecule has 35 heavy (non-hydrogen) atoms. The summed E-state index contributed by atoms with van der Waals surface area (Å²) < 4.78 is 16.2. The van der Waals surface area contributed by atoms with Crippen LogP contribution in [0.5, 0.6) is 0 Å². The molecule has 0 aromatic rings. The van der Waals surface area contributed by atoms with Gasteiger partial charge in [0.2, 0.25) is 5.91 Å². The Morgan fingerprint density at radius 3 is 2.17 bits per heavy atom. The van der Waals surface area contributed by atoms with E-state index < -0.39 is 12.6 Å². The molecule has 2 unspecified atom stereocenters. The summed E-state index contributed by atoms with van der Waals surface area (Å²) in [6, 6.07) is -0.617. The number of carbonyl (C=O) groups is 1. The van der Waals surface area contributed by atoms with Crippen molar-refractivity contribution in [1.82, 2.24) is 10.4 Å². The van der Waals surface area contributed by atoms with Crippen molar-refractivity contribution in [1.29, 1.82) is 0 Å². The van der Waals surface area contributed by atoms with Gasteiger partial charge in [-0.05, 0) is 31.1 Å². The third-order valence-electron chi connectivity index (χ3n) is 6.36. The van der Waals surface area contributed by atoms with E-state index in [0.29, 0.717) is 32.4 Å². The van der Waals surface area contributed by atoms with Crippen LogP contribution in [0.15, 0.2) is 0 Å². The fourth-order valence-electron chi connectivity index (χ4n) is 4.36. The van der Waals surface area contributed by atoms with Crippen LogP contribution in [-0.4, -0.2) is 63.7 Å². The highest BCUT2D eigenvalue weighted by molar-refractivity contribution is 8.08. The number of ether oxygens (including phenoxy) is 2. The highest BCUT2D eigenvalue weighted by atomic mass is 32.5. The lowest BCUT2D eigenvalue weighted by molar-refractivity contribution is -0.121. The molecule has 10 heteroatoms. The van der Waals surface area contributed by atoms with Gasteiger partial charge in [-0.3, -0.25) is 4.79 Å². The molecule has 1 fully saturated rings. The van der Waals surface area contributed by atoms with E-state index in [4.69, 9.17) is 33.7 Å². The zero-order chi connectivity index (χ0) is 25.8. The number of rotatable bonds is 23. The first kappa shape index (κ1) is 33.0. The zero-order valence-electron chi connectivity index (χ0n) is 22.2. The lowest BCUT2D eigenvalue weighted by atomic mass is 9.95. The Hall–Kier alpha value is -0.0151. The van der Waals surface area contributed by atoms with Crippen molar-refractivity contribution in [2.75, 3.05) is 26.9 Å². The minimum Gasteiger partial charge on any atom is -0.382 e. The molecule has 0 aliphatic carbocycles. The molecule has 7 nitrogen and oxygen atoms in total. The van der Waals surface area contributed by atoms with Crippen LogP contribution in [0, 0.1) is 0 Å². The Labute approximate surface area is 220 Å². The monoisotopic (exact) mass is 532 g/mol. The summed E-state index contributed by atoms with van der Waals surface area (Å²) in [4.78, 5) is 22.4. The molecule has 3 N–H and O–H groups in total. The van der Waals surface area contributed by atoms with Crippen LogP contribution < -0.4 is 10.4 Å². The van der Waals surface area contributed by atoms with Gasteiger partial charge in [0.25, 0.3) is 6.64 Å². The van der Waals surface area contributed by atoms with Crippen LogP contribution >= 0.6 is 6.64 Å². The Morgan fingerprint density at radius 1 is 1.03 bits per heavy atom. The molecule has 0 spiro atoms. The smallest absolute Gasteiger partial charge is 0.258 e. The SMILES string of the molecule is [B][C@H]1CC(NP(O)(=S)OCCCNC(=O)CCCCCCCCCCCCCCC)[C@@H](COC)O1. The zero-order valence-corrected chi connectivity index (χ0v) is 23.9. The third kappa shape index (κ3) is 18.0. The summed E-state index contributed by atoms with van der Waals surface area (Å²) in [6.45, 7) is 0.254. The maximum absolute atomic E-state index is 12.0. The second kappa shape index (κ2) is 21.0. The van der Waals surface area contributed by atoms with E-state index in [2.05, 4.69) is 17.3 Å². The summed E-state index contributed by atoms with van der Waals surface area (Å²) in [5.41, 5.74) is 0. The van der Waals surface area contributed by atoms with Crippen molar-refractivity contribution >= 4 is 32.2 Å². The van der Waals surface area contributed by atoms with Crippen LogP contribution in [0.3, 0.4) is 0 Å². The minimum absolute atomic E-state index is 0.0779. The summed E-state index contributed by atoms with van der Waals surface area (Å²) in [5, 5.41) is 5.89. The van der Waals surface area contributed by atoms with Gasteiger partial charge in [0.05, 0.1) is 19.3 Å². The predicted molar refractivity (Wildman–Crippen MR) is 148 cm³/mol. The third-order valence-corrected chi connectivity index (χ3v) is 8.18. The number of amides is 1. The Morgan fingerprint density at radius 2 is 1.60 bits per heavy atom. The van der Waals surface area contributed by atoms with Gasteiger partial charge in [-0.25, -0.2) is 5.09 Å². The summed E-state index contributed by atoms with van der Waals surface area (Å²) in [6.07, 6.45) is 18.3. The highest BCUT2D eigenvalue weighted by Gasteiger charge is 2.35. The Balaban J connectivity index is 1.94. The van der Waals surface area contributed by atoms with Gasteiger partial charge < -0.3 is 24.2 Å². The minimum atomic E-state index is -3.16. The van der Waals surface area contributed by atoms with Gasteiger partial charge in [-0.2, -0.15) is 0 Å². The summed E-state index contributed by atoms with van der Waals surface area (Å²) in [5.74, 6) is 0.0779. The molecular weight excluding hydrogens is 482 g/mol. The van der Waals surface area contributed by atoms with Crippen LogP contribution in [0.25, 0.3) is 0 Å². The van der Waals surface area contributed by atoms with E-state index >= 15 is 0 Å². The van der Waals surface area contributed by atoms with Crippen molar-refractivity contribution in [3.63, 3.8) is 0 Å². The number of methoxy groups -OCH3 is 1. The first-order chi connectivity index (χ1) is 16.9. The van der Waals surface area contributed by atoms with Gasteiger partial charge in [-0.15, -0.1) is 0 Å². The van der Waals surface area contributed by atoms with Gasteiger partial charge in [0.1, 0.15) is 7.85 Å². The fourth-order valence-corrected chi connectivity index (χ4v) is 6.13. The topological polar surface area (TPSA) is 89.1 Å². The lowest BCUT2D eigenvalue weighted by Crippen LogP contribution is -2.37. The maximum Gasteiger partial charge on any atom is 0.258 e. The lowest BCUT2D eigenvalue weighted by Gasteiger charge is -2.24. The van der Waals surface area contributed by atoms with Crippen molar-refractivity contribution in [3.05, 3.63) is 0 Å². The molecule has 0 bridgehead atoms. The fraction of sp³-hybridized carbons (Fsp3) is 0.960. The van der Waals surface area contributed by atoms with E-state index in [1.54, 1.807) is 7.11 Å². The van der Waals surface area contributed by atoms with Crippen molar-refractivity contribution < 1.29 is 23.7 Å². The van der Waals surface area contributed by atoms with E-state index in [1.165, 1.54) is 70.6 Å². The molecule has 1 aliphatic heterocycles. The van der Waals surface area contributed by atoms with Crippen molar-refractivity contribution in [3.8, 4) is 0 Å². The van der Waals surface area contributed by atoms with Crippen LogP contribution in [-0.2, 0) is 30.6 Å². The van der Waals surface area contributed by atoms with E-state index in [-0.39, 0.29) is 24.7 Å². The normalized spacial score (nSPS) is 21.7.